The second kappa shape index (κ2) is 6.68. The van der Waals surface area contributed by atoms with Crippen molar-refractivity contribution in [3.8, 4) is 11.5 Å². The fraction of sp³-hybridized carbons (Fsp3) is 0.294. The molecule has 0 fully saturated rings. The van der Waals surface area contributed by atoms with E-state index in [0.29, 0.717) is 22.8 Å². The summed E-state index contributed by atoms with van der Waals surface area (Å²) in [6, 6.07) is 3.57. The molecule has 8 heteroatoms. The van der Waals surface area contributed by atoms with Crippen LogP contribution in [-0.4, -0.2) is 21.2 Å². The molecule has 0 aromatic carbocycles. The second-order valence-electron chi connectivity index (χ2n) is 5.65. The van der Waals surface area contributed by atoms with Gasteiger partial charge in [-0.3, -0.25) is 0 Å². The zero-order valence-corrected chi connectivity index (χ0v) is 15.0. The molecule has 0 saturated heterocycles. The Morgan fingerprint density at radius 3 is 2.56 bits per heavy atom. The highest BCUT2D eigenvalue weighted by atomic mass is 35.5. The Morgan fingerprint density at radius 2 is 1.92 bits per heavy atom. The molecule has 3 heterocycles. The highest BCUT2D eigenvalue weighted by molar-refractivity contribution is 6.32. The summed E-state index contributed by atoms with van der Waals surface area (Å²) in [5.74, 6) is 1.32. The number of aryl methyl sites for hydroxylation is 4. The summed E-state index contributed by atoms with van der Waals surface area (Å²) in [6.45, 7) is 7.05. The summed E-state index contributed by atoms with van der Waals surface area (Å²) in [4.78, 5) is 16.3. The van der Waals surface area contributed by atoms with Crippen molar-refractivity contribution < 1.29 is 18.4 Å². The molecule has 0 amide bonds. The minimum atomic E-state index is -0.593. The monoisotopic (exact) mass is 361 g/mol. The van der Waals surface area contributed by atoms with Crippen molar-refractivity contribution in [1.82, 2.24) is 15.2 Å². The molecule has 0 radical (unpaired) electrons. The van der Waals surface area contributed by atoms with Gasteiger partial charge in [0.15, 0.2) is 6.61 Å². The van der Waals surface area contributed by atoms with Gasteiger partial charge in [-0.2, -0.15) is 0 Å². The lowest BCUT2D eigenvalue weighted by Gasteiger charge is -2.07. The van der Waals surface area contributed by atoms with E-state index >= 15 is 0 Å². The first-order valence-electron chi connectivity index (χ1n) is 7.56. The van der Waals surface area contributed by atoms with Crippen LogP contribution in [0.4, 0.5) is 0 Å². The smallest absolute Gasteiger partial charge is 0.342 e. The molecule has 0 aliphatic heterocycles. The lowest BCUT2D eigenvalue weighted by molar-refractivity contribution is 0.0437. The molecule has 0 atom stereocenters. The second-order valence-corrected chi connectivity index (χ2v) is 6.01. The molecule has 0 unspecified atom stereocenters. The summed E-state index contributed by atoms with van der Waals surface area (Å²) in [5.41, 5.74) is 2.36. The third-order valence-corrected chi connectivity index (χ3v) is 3.84. The number of esters is 1. The molecule has 3 rings (SSSR count). The summed E-state index contributed by atoms with van der Waals surface area (Å²) >= 11 is 6.04. The van der Waals surface area contributed by atoms with Crippen molar-refractivity contribution in [3.63, 3.8) is 0 Å². The lowest BCUT2D eigenvalue weighted by atomic mass is 10.1. The molecule has 25 heavy (non-hydrogen) atoms. The van der Waals surface area contributed by atoms with Crippen LogP contribution in [0.3, 0.4) is 0 Å². The van der Waals surface area contributed by atoms with Crippen LogP contribution in [0.15, 0.2) is 21.0 Å². The van der Waals surface area contributed by atoms with Crippen molar-refractivity contribution in [3.05, 3.63) is 51.5 Å². The number of carbonyl (C=O) groups is 1. The van der Waals surface area contributed by atoms with Gasteiger partial charge in [-0.15, -0.1) is 10.2 Å². The van der Waals surface area contributed by atoms with E-state index in [-0.39, 0.29) is 23.2 Å². The Balaban J connectivity index is 1.73. The quantitative estimate of drug-likeness (QED) is 0.512. The van der Waals surface area contributed by atoms with Crippen molar-refractivity contribution in [2.75, 3.05) is 0 Å². The topological polar surface area (TPSA) is 91.2 Å². The Kier molecular flexibility index (Phi) is 4.59. The molecule has 0 spiro atoms. The average molecular weight is 362 g/mol. The van der Waals surface area contributed by atoms with Crippen molar-refractivity contribution in [2.45, 2.75) is 34.3 Å². The Morgan fingerprint density at radius 1 is 1.16 bits per heavy atom. The maximum Gasteiger partial charge on any atom is 0.342 e. The SMILES string of the molecule is Cc1cc(C)c(C(=O)OCc2nnc(-c3cc(C)oc3C)o2)c(Cl)n1. The molecule has 0 saturated carbocycles. The van der Waals surface area contributed by atoms with E-state index in [9.17, 15) is 4.79 Å². The Bertz CT molecular complexity index is 922. The van der Waals surface area contributed by atoms with Crippen LogP contribution in [0.5, 0.6) is 0 Å². The molecule has 3 aromatic rings. The van der Waals surface area contributed by atoms with Crippen molar-refractivity contribution in [1.29, 1.82) is 0 Å². The van der Waals surface area contributed by atoms with Crippen molar-refractivity contribution in [2.24, 2.45) is 0 Å². The zero-order chi connectivity index (χ0) is 18.1. The summed E-state index contributed by atoms with van der Waals surface area (Å²) in [6.07, 6.45) is 0. The van der Waals surface area contributed by atoms with Crippen LogP contribution in [0.1, 0.15) is 39.0 Å². The molecule has 130 valence electrons. The van der Waals surface area contributed by atoms with Crippen LogP contribution in [0, 0.1) is 27.7 Å². The molecule has 0 N–H and O–H groups in total. The number of hydrogen-bond acceptors (Lipinski definition) is 7. The van der Waals surface area contributed by atoms with Gasteiger partial charge in [-0.05, 0) is 45.4 Å². The van der Waals surface area contributed by atoms with E-state index < -0.39 is 5.97 Å². The molecular weight excluding hydrogens is 346 g/mol. The van der Waals surface area contributed by atoms with Gasteiger partial charge < -0.3 is 13.6 Å². The predicted molar refractivity (Wildman–Crippen MR) is 89.3 cm³/mol. The fourth-order valence-corrected chi connectivity index (χ4v) is 2.86. The van der Waals surface area contributed by atoms with Gasteiger partial charge in [-0.25, -0.2) is 9.78 Å². The van der Waals surface area contributed by atoms with Crippen molar-refractivity contribution >= 4 is 17.6 Å². The number of ether oxygens (including phenoxy) is 1. The maximum absolute atomic E-state index is 12.3. The number of aromatic nitrogens is 3. The van der Waals surface area contributed by atoms with Gasteiger partial charge in [0.1, 0.15) is 16.7 Å². The van der Waals surface area contributed by atoms with E-state index in [4.69, 9.17) is 25.2 Å². The summed E-state index contributed by atoms with van der Waals surface area (Å²) < 4.78 is 16.2. The standard InChI is InChI=1S/C17H16ClN3O4/c1-8-5-9(2)19-15(18)14(8)17(22)23-7-13-20-21-16(25-13)12-6-10(3)24-11(12)4/h5-6H,7H2,1-4H3. The third-order valence-electron chi connectivity index (χ3n) is 3.57. The highest BCUT2D eigenvalue weighted by Crippen LogP contribution is 2.26. The lowest BCUT2D eigenvalue weighted by Crippen LogP contribution is -2.09. The van der Waals surface area contributed by atoms with Gasteiger partial charge in [-0.1, -0.05) is 11.6 Å². The largest absolute Gasteiger partial charge is 0.466 e. The first-order valence-corrected chi connectivity index (χ1v) is 7.93. The molecular formula is C17H16ClN3O4. The van der Waals surface area contributed by atoms with Crippen LogP contribution in [0.2, 0.25) is 5.15 Å². The molecule has 7 nitrogen and oxygen atoms in total. The third kappa shape index (κ3) is 3.56. The summed E-state index contributed by atoms with van der Waals surface area (Å²) in [5, 5.41) is 7.94. The van der Waals surface area contributed by atoms with E-state index in [1.807, 2.05) is 6.92 Å². The van der Waals surface area contributed by atoms with Crippen LogP contribution < -0.4 is 0 Å². The minimum Gasteiger partial charge on any atom is -0.466 e. The number of pyridine rings is 1. The Hall–Kier alpha value is -2.67. The van der Waals surface area contributed by atoms with Crippen LogP contribution in [-0.2, 0) is 11.3 Å². The Labute approximate surface area is 149 Å². The normalized spacial score (nSPS) is 10.9. The number of nitrogens with zero attached hydrogens (tertiary/aromatic N) is 3. The van der Waals surface area contributed by atoms with Crippen LogP contribution >= 0.6 is 11.6 Å². The number of carbonyl (C=O) groups excluding carboxylic acids is 1. The number of halogens is 1. The average Bonchev–Trinajstić information content (AvgIpc) is 3.10. The predicted octanol–water partition coefficient (Wildman–Crippen LogP) is 3.97. The molecule has 0 aliphatic rings. The van der Waals surface area contributed by atoms with E-state index in [0.717, 1.165) is 11.5 Å². The fourth-order valence-electron chi connectivity index (χ4n) is 2.50. The molecule has 0 bridgehead atoms. The van der Waals surface area contributed by atoms with Gasteiger partial charge in [0, 0.05) is 5.69 Å². The first-order chi connectivity index (χ1) is 11.8. The van der Waals surface area contributed by atoms with E-state index in [1.165, 1.54) is 0 Å². The zero-order valence-electron chi connectivity index (χ0n) is 14.2. The van der Waals surface area contributed by atoms with Gasteiger partial charge in [0.05, 0.1) is 11.1 Å². The minimum absolute atomic E-state index is 0.109. The number of hydrogen-bond donors (Lipinski definition) is 0. The number of furan rings is 1. The van der Waals surface area contributed by atoms with Gasteiger partial charge in [0.2, 0.25) is 0 Å². The van der Waals surface area contributed by atoms with Crippen LogP contribution in [0.25, 0.3) is 11.5 Å². The van der Waals surface area contributed by atoms with E-state index in [2.05, 4.69) is 15.2 Å². The van der Waals surface area contributed by atoms with E-state index in [1.54, 1.807) is 32.9 Å². The first kappa shape index (κ1) is 17.2. The van der Waals surface area contributed by atoms with Gasteiger partial charge in [0.25, 0.3) is 11.8 Å². The number of rotatable bonds is 4. The maximum atomic E-state index is 12.3. The van der Waals surface area contributed by atoms with Gasteiger partial charge >= 0.3 is 5.97 Å². The highest BCUT2D eigenvalue weighted by Gasteiger charge is 2.19. The molecule has 0 aliphatic carbocycles. The molecule has 3 aromatic heterocycles. The summed E-state index contributed by atoms with van der Waals surface area (Å²) in [7, 11) is 0.